The molecule has 0 aromatic heterocycles. The van der Waals surface area contributed by atoms with Gasteiger partial charge in [-0.3, -0.25) is 4.79 Å². The number of amides is 1. The Morgan fingerprint density at radius 1 is 1.25 bits per heavy atom. The fourth-order valence-electron chi connectivity index (χ4n) is 2.97. The molecule has 1 aliphatic rings. The van der Waals surface area contributed by atoms with Crippen LogP contribution in [0.5, 0.6) is 0 Å². The van der Waals surface area contributed by atoms with Gasteiger partial charge in [-0.2, -0.15) is 0 Å². The van der Waals surface area contributed by atoms with Gasteiger partial charge in [-0.05, 0) is 36.7 Å². The first kappa shape index (κ1) is 15.0. The van der Waals surface area contributed by atoms with E-state index < -0.39 is 6.04 Å². The minimum Gasteiger partial charge on any atom is -0.341 e. The molecule has 2 N–H and O–H groups in total. The molecule has 1 amide bonds. The number of carbonyl (C=O) groups is 1. The second-order valence-corrected chi connectivity index (χ2v) is 6.73. The summed E-state index contributed by atoms with van der Waals surface area (Å²) in [6.45, 7) is 4.61. The van der Waals surface area contributed by atoms with Crippen LogP contribution < -0.4 is 5.73 Å². The van der Waals surface area contributed by atoms with E-state index in [4.69, 9.17) is 5.73 Å². The highest BCUT2D eigenvalue weighted by Crippen LogP contribution is 2.36. The van der Waals surface area contributed by atoms with E-state index in [-0.39, 0.29) is 5.91 Å². The number of carbonyl (C=O) groups excluding carboxylic acids is 1. The van der Waals surface area contributed by atoms with Gasteiger partial charge in [-0.15, -0.1) is 0 Å². The van der Waals surface area contributed by atoms with Crippen LogP contribution >= 0.6 is 0 Å². The normalized spacial score (nSPS) is 20.4. The molecule has 0 saturated heterocycles. The molecule has 3 heteroatoms. The number of hydrogen-bond acceptors (Lipinski definition) is 2. The van der Waals surface area contributed by atoms with Gasteiger partial charge in [0.2, 0.25) is 5.91 Å². The lowest BCUT2D eigenvalue weighted by Crippen LogP contribution is -2.44. The molecule has 0 radical (unpaired) electrons. The average Bonchev–Trinajstić information content (AvgIpc) is 2.46. The zero-order valence-corrected chi connectivity index (χ0v) is 12.8. The number of hydrogen-bond donors (Lipinski definition) is 1. The van der Waals surface area contributed by atoms with E-state index in [0.29, 0.717) is 11.5 Å². The summed E-state index contributed by atoms with van der Waals surface area (Å²) in [4.78, 5) is 14.4. The summed E-state index contributed by atoms with van der Waals surface area (Å²) < 4.78 is 0. The Kier molecular flexibility index (Phi) is 4.48. The third kappa shape index (κ3) is 3.40. The maximum atomic E-state index is 12.5. The van der Waals surface area contributed by atoms with Crippen molar-refractivity contribution in [2.75, 3.05) is 7.05 Å². The first-order valence-electron chi connectivity index (χ1n) is 7.48. The molecule has 0 unspecified atom stereocenters. The van der Waals surface area contributed by atoms with Crippen LogP contribution in [0.4, 0.5) is 0 Å². The zero-order chi connectivity index (χ0) is 14.8. The molecule has 20 heavy (non-hydrogen) atoms. The van der Waals surface area contributed by atoms with E-state index in [2.05, 4.69) is 13.8 Å². The van der Waals surface area contributed by atoms with E-state index >= 15 is 0 Å². The second-order valence-electron chi connectivity index (χ2n) is 6.73. The number of benzene rings is 1. The molecule has 2 rings (SSSR count). The minimum atomic E-state index is -0.545. The first-order valence-corrected chi connectivity index (χ1v) is 7.48. The predicted octanol–water partition coefficient (Wildman–Crippen LogP) is 3.11. The highest BCUT2D eigenvalue weighted by molar-refractivity contribution is 5.83. The highest BCUT2D eigenvalue weighted by atomic mass is 16.2. The summed E-state index contributed by atoms with van der Waals surface area (Å²) in [6, 6.07) is 9.41. The van der Waals surface area contributed by atoms with Crippen LogP contribution in [0.1, 0.15) is 51.1 Å². The Morgan fingerprint density at radius 3 is 2.35 bits per heavy atom. The van der Waals surface area contributed by atoms with Crippen molar-refractivity contribution in [3.05, 3.63) is 35.9 Å². The predicted molar refractivity (Wildman–Crippen MR) is 82.2 cm³/mol. The van der Waals surface area contributed by atoms with Crippen molar-refractivity contribution in [1.29, 1.82) is 0 Å². The zero-order valence-electron chi connectivity index (χ0n) is 12.8. The van der Waals surface area contributed by atoms with Gasteiger partial charge in [-0.1, -0.05) is 44.2 Å². The Labute approximate surface area is 122 Å². The lowest BCUT2D eigenvalue weighted by Gasteiger charge is -2.39. The van der Waals surface area contributed by atoms with Crippen molar-refractivity contribution < 1.29 is 4.79 Å². The van der Waals surface area contributed by atoms with Crippen molar-refractivity contribution in [1.82, 2.24) is 4.90 Å². The van der Waals surface area contributed by atoms with Crippen LogP contribution in [-0.2, 0) is 4.79 Å². The van der Waals surface area contributed by atoms with Crippen LogP contribution in [0.3, 0.4) is 0 Å². The van der Waals surface area contributed by atoms with Crippen LogP contribution in [0.25, 0.3) is 0 Å². The topological polar surface area (TPSA) is 46.3 Å². The van der Waals surface area contributed by atoms with E-state index in [1.54, 1.807) is 0 Å². The monoisotopic (exact) mass is 274 g/mol. The fourth-order valence-corrected chi connectivity index (χ4v) is 2.97. The van der Waals surface area contributed by atoms with Gasteiger partial charge >= 0.3 is 0 Å². The lowest BCUT2D eigenvalue weighted by atomic mass is 9.75. The summed E-state index contributed by atoms with van der Waals surface area (Å²) in [6.07, 6.45) is 4.51. The Morgan fingerprint density at radius 2 is 1.80 bits per heavy atom. The second kappa shape index (κ2) is 5.96. The van der Waals surface area contributed by atoms with Crippen LogP contribution in [-0.4, -0.2) is 23.9 Å². The van der Waals surface area contributed by atoms with E-state index in [0.717, 1.165) is 18.4 Å². The Bertz CT molecular complexity index is 445. The van der Waals surface area contributed by atoms with Gasteiger partial charge in [0.1, 0.15) is 6.04 Å². The summed E-state index contributed by atoms with van der Waals surface area (Å²) in [5.41, 5.74) is 7.42. The van der Waals surface area contributed by atoms with Gasteiger partial charge in [0.25, 0.3) is 0 Å². The summed E-state index contributed by atoms with van der Waals surface area (Å²) in [5, 5.41) is 0. The molecule has 1 atom stereocenters. The highest BCUT2D eigenvalue weighted by Gasteiger charge is 2.32. The van der Waals surface area contributed by atoms with Crippen molar-refractivity contribution in [3.8, 4) is 0 Å². The van der Waals surface area contributed by atoms with Crippen LogP contribution in [0.2, 0.25) is 0 Å². The van der Waals surface area contributed by atoms with Crippen molar-refractivity contribution in [2.24, 2.45) is 11.1 Å². The molecule has 0 aliphatic heterocycles. The third-order valence-electron chi connectivity index (χ3n) is 4.63. The van der Waals surface area contributed by atoms with Crippen LogP contribution in [0, 0.1) is 5.41 Å². The smallest absolute Gasteiger partial charge is 0.244 e. The largest absolute Gasteiger partial charge is 0.341 e. The summed E-state index contributed by atoms with van der Waals surface area (Å²) in [7, 11) is 1.90. The van der Waals surface area contributed by atoms with Crippen molar-refractivity contribution in [3.63, 3.8) is 0 Å². The molecule has 0 bridgehead atoms. The quantitative estimate of drug-likeness (QED) is 0.920. The van der Waals surface area contributed by atoms with Gasteiger partial charge in [-0.25, -0.2) is 0 Å². The minimum absolute atomic E-state index is 0.0286. The molecule has 1 fully saturated rings. The number of nitrogens with zero attached hydrogens (tertiary/aromatic N) is 1. The summed E-state index contributed by atoms with van der Waals surface area (Å²) in [5.74, 6) is 0.0286. The Hall–Kier alpha value is -1.35. The SMILES string of the molecule is CN(C(=O)[C@@H](N)c1ccccc1)C1CCC(C)(C)CC1. The van der Waals surface area contributed by atoms with Gasteiger partial charge in [0.15, 0.2) is 0 Å². The van der Waals surface area contributed by atoms with Crippen molar-refractivity contribution in [2.45, 2.75) is 51.6 Å². The van der Waals surface area contributed by atoms with Crippen molar-refractivity contribution >= 4 is 5.91 Å². The maximum Gasteiger partial charge on any atom is 0.244 e. The molecule has 1 aromatic rings. The lowest BCUT2D eigenvalue weighted by molar-refractivity contribution is -0.134. The maximum absolute atomic E-state index is 12.5. The standard InChI is InChI=1S/C17H26N2O/c1-17(2)11-9-14(10-12-17)19(3)16(20)15(18)13-7-5-4-6-8-13/h4-8,14-15H,9-12,18H2,1-3H3/t15-/m0/s1. The molecule has 1 saturated carbocycles. The molecule has 0 heterocycles. The number of likely N-dealkylation sites (N-methyl/N-ethyl adjacent to an activating group) is 1. The fraction of sp³-hybridized carbons (Fsp3) is 0.588. The average molecular weight is 274 g/mol. The molecule has 1 aromatic carbocycles. The van der Waals surface area contributed by atoms with E-state index in [9.17, 15) is 4.79 Å². The number of nitrogens with two attached hydrogens (primary N) is 1. The first-order chi connectivity index (χ1) is 9.41. The van der Waals surface area contributed by atoms with E-state index in [1.807, 2.05) is 42.3 Å². The van der Waals surface area contributed by atoms with Gasteiger partial charge in [0, 0.05) is 13.1 Å². The van der Waals surface area contributed by atoms with Gasteiger partial charge in [0.05, 0.1) is 0 Å². The molecular formula is C17H26N2O. The molecule has 3 nitrogen and oxygen atoms in total. The number of rotatable bonds is 3. The Balaban J connectivity index is 1.99. The molecule has 1 aliphatic carbocycles. The van der Waals surface area contributed by atoms with Crippen LogP contribution in [0.15, 0.2) is 30.3 Å². The molecule has 110 valence electrons. The molecule has 0 spiro atoms. The summed E-state index contributed by atoms with van der Waals surface area (Å²) >= 11 is 0. The van der Waals surface area contributed by atoms with E-state index in [1.165, 1.54) is 12.8 Å². The third-order valence-corrected chi connectivity index (χ3v) is 4.63. The molecular weight excluding hydrogens is 248 g/mol. The van der Waals surface area contributed by atoms with Gasteiger partial charge < -0.3 is 10.6 Å².